The van der Waals surface area contributed by atoms with E-state index in [2.05, 4.69) is 106 Å². The van der Waals surface area contributed by atoms with Crippen LogP contribution >= 0.6 is 0 Å². The zero-order valence-electron chi connectivity index (χ0n) is 53.8. The van der Waals surface area contributed by atoms with Gasteiger partial charge >= 0.3 is 17.9 Å². The van der Waals surface area contributed by atoms with Gasteiger partial charge in [-0.05, 0) is 122 Å². The van der Waals surface area contributed by atoms with E-state index in [4.69, 9.17) is 14.2 Å². The van der Waals surface area contributed by atoms with Gasteiger partial charge in [0, 0.05) is 19.3 Å². The van der Waals surface area contributed by atoms with Gasteiger partial charge in [-0.25, -0.2) is 0 Å². The second kappa shape index (κ2) is 69.1. The van der Waals surface area contributed by atoms with Crippen molar-refractivity contribution in [2.45, 2.75) is 361 Å². The molecule has 0 aliphatic carbocycles. The zero-order chi connectivity index (χ0) is 58.5. The van der Waals surface area contributed by atoms with Gasteiger partial charge in [0.2, 0.25) is 0 Å². The third-order valence-electron chi connectivity index (χ3n) is 15.3. The minimum Gasteiger partial charge on any atom is -0.462 e. The molecule has 6 nitrogen and oxygen atoms in total. The van der Waals surface area contributed by atoms with Crippen molar-refractivity contribution in [2.75, 3.05) is 13.2 Å². The summed E-state index contributed by atoms with van der Waals surface area (Å²) in [5.74, 6) is -0.877. The summed E-state index contributed by atoms with van der Waals surface area (Å²) in [6.07, 6.45) is 91.6. The van der Waals surface area contributed by atoms with Gasteiger partial charge in [-0.2, -0.15) is 0 Å². The molecule has 0 aromatic heterocycles. The van der Waals surface area contributed by atoms with Gasteiger partial charge in [-0.1, -0.05) is 298 Å². The van der Waals surface area contributed by atoms with Crippen LogP contribution in [0.4, 0.5) is 0 Å². The summed E-state index contributed by atoms with van der Waals surface area (Å²) in [5.41, 5.74) is 0. The minimum absolute atomic E-state index is 0.0800. The third kappa shape index (κ3) is 67.3. The Morgan fingerprint density at radius 2 is 0.444 bits per heavy atom. The van der Waals surface area contributed by atoms with E-state index in [0.29, 0.717) is 19.3 Å². The SMILES string of the molecule is CCCCC/C=C\C/C=C\CCCCCCCCCCCC(=O)OC(COC(=O)CCCCCCCCC/C=C\C/C=C\CCCCC)COC(=O)CCCCCCCCCCCCCC/C=C\C/C=C\C/C=C\CCCCCCC. The molecular formula is C75H132O6. The quantitative estimate of drug-likeness (QED) is 0.0261. The number of ether oxygens (including phenoxy) is 3. The fourth-order valence-corrected chi connectivity index (χ4v) is 10.0. The smallest absolute Gasteiger partial charge is 0.306 e. The van der Waals surface area contributed by atoms with E-state index < -0.39 is 6.10 Å². The average molecular weight is 1130 g/mol. The Bertz CT molecular complexity index is 1530. The second-order valence-electron chi connectivity index (χ2n) is 23.4. The maximum absolute atomic E-state index is 13.0. The lowest BCUT2D eigenvalue weighted by molar-refractivity contribution is -0.167. The number of carbonyl (C=O) groups is 3. The second-order valence-corrected chi connectivity index (χ2v) is 23.4. The van der Waals surface area contributed by atoms with Crippen molar-refractivity contribution in [3.8, 4) is 0 Å². The summed E-state index contributed by atoms with van der Waals surface area (Å²) in [6.45, 7) is 6.61. The normalized spacial score (nSPS) is 12.6. The standard InChI is InChI=1S/C75H132O6/c1-4-7-10-13-16-19-22-25-28-31-33-34-35-36-37-38-39-40-42-44-47-50-53-56-59-62-65-68-74(77)80-71-72(70-79-73(76)67-64-61-58-55-52-49-46-43-30-27-24-21-18-15-12-9-6-3)81-75(78)69-66-63-60-57-54-51-48-45-41-32-29-26-23-20-17-14-11-8-5-2/h17-18,20-22,25-27,29-31,33,35-36,72H,4-16,19,23-24,28,32,34,37-71H2,1-3H3/b20-17-,21-18-,25-22-,29-26-,30-27-,33-31-,36-35-. The molecule has 0 N–H and O–H groups in total. The number of rotatable bonds is 64. The Kier molecular flexibility index (Phi) is 66.2. The Morgan fingerprint density at radius 3 is 0.716 bits per heavy atom. The molecule has 81 heavy (non-hydrogen) atoms. The Labute approximate surface area is 503 Å². The number of esters is 3. The van der Waals surface area contributed by atoms with E-state index in [1.54, 1.807) is 0 Å². The van der Waals surface area contributed by atoms with E-state index in [9.17, 15) is 14.4 Å². The van der Waals surface area contributed by atoms with Crippen molar-refractivity contribution in [2.24, 2.45) is 0 Å². The molecule has 0 spiro atoms. The van der Waals surface area contributed by atoms with E-state index in [-0.39, 0.29) is 31.1 Å². The van der Waals surface area contributed by atoms with Crippen molar-refractivity contribution >= 4 is 17.9 Å². The lowest BCUT2D eigenvalue weighted by Gasteiger charge is -2.18. The van der Waals surface area contributed by atoms with E-state index in [0.717, 1.165) is 89.9 Å². The summed E-state index contributed by atoms with van der Waals surface area (Å²) in [4.78, 5) is 38.5. The van der Waals surface area contributed by atoms with Gasteiger partial charge in [0.15, 0.2) is 6.10 Å². The van der Waals surface area contributed by atoms with Crippen LogP contribution in [0, 0.1) is 0 Å². The summed E-state index contributed by atoms with van der Waals surface area (Å²) in [6, 6.07) is 0. The Morgan fingerprint density at radius 1 is 0.247 bits per heavy atom. The van der Waals surface area contributed by atoms with E-state index in [1.165, 1.54) is 225 Å². The highest BCUT2D eigenvalue weighted by Gasteiger charge is 2.19. The largest absolute Gasteiger partial charge is 0.462 e. The summed E-state index contributed by atoms with van der Waals surface area (Å²) >= 11 is 0. The lowest BCUT2D eigenvalue weighted by Crippen LogP contribution is -2.30. The summed E-state index contributed by atoms with van der Waals surface area (Å²) in [7, 11) is 0. The van der Waals surface area contributed by atoms with Gasteiger partial charge in [0.25, 0.3) is 0 Å². The number of unbranched alkanes of at least 4 members (excludes halogenated alkanes) is 39. The molecule has 0 bridgehead atoms. The monoisotopic (exact) mass is 1130 g/mol. The van der Waals surface area contributed by atoms with Crippen LogP contribution in [0.25, 0.3) is 0 Å². The molecule has 0 fully saturated rings. The van der Waals surface area contributed by atoms with Gasteiger partial charge < -0.3 is 14.2 Å². The molecule has 0 saturated carbocycles. The van der Waals surface area contributed by atoms with Crippen LogP contribution in [-0.4, -0.2) is 37.2 Å². The molecule has 6 heteroatoms. The first-order valence-electron chi connectivity index (χ1n) is 35.1. The van der Waals surface area contributed by atoms with Crippen LogP contribution in [0.1, 0.15) is 355 Å². The summed E-state index contributed by atoms with van der Waals surface area (Å²) in [5, 5.41) is 0. The molecule has 0 radical (unpaired) electrons. The topological polar surface area (TPSA) is 78.9 Å². The maximum atomic E-state index is 13.0. The van der Waals surface area contributed by atoms with Gasteiger partial charge in [-0.3, -0.25) is 14.4 Å². The maximum Gasteiger partial charge on any atom is 0.306 e. The first kappa shape index (κ1) is 77.6. The van der Waals surface area contributed by atoms with Crippen LogP contribution in [0.2, 0.25) is 0 Å². The zero-order valence-corrected chi connectivity index (χ0v) is 53.8. The molecule has 0 aliphatic heterocycles. The van der Waals surface area contributed by atoms with Gasteiger partial charge in [0.05, 0.1) is 0 Å². The predicted molar refractivity (Wildman–Crippen MR) is 353 cm³/mol. The highest BCUT2D eigenvalue weighted by atomic mass is 16.6. The number of carbonyl (C=O) groups excluding carboxylic acids is 3. The van der Waals surface area contributed by atoms with Crippen molar-refractivity contribution in [1.29, 1.82) is 0 Å². The van der Waals surface area contributed by atoms with Gasteiger partial charge in [0.1, 0.15) is 13.2 Å². The number of hydrogen-bond donors (Lipinski definition) is 0. The highest BCUT2D eigenvalue weighted by molar-refractivity contribution is 5.71. The third-order valence-corrected chi connectivity index (χ3v) is 15.3. The molecule has 0 amide bonds. The van der Waals surface area contributed by atoms with Crippen LogP contribution in [0.15, 0.2) is 85.1 Å². The number of allylic oxidation sites excluding steroid dienone is 14. The van der Waals surface area contributed by atoms with Crippen molar-refractivity contribution < 1.29 is 28.6 Å². The lowest BCUT2D eigenvalue weighted by atomic mass is 10.0. The molecule has 468 valence electrons. The number of hydrogen-bond acceptors (Lipinski definition) is 6. The molecule has 0 aromatic rings. The summed E-state index contributed by atoms with van der Waals surface area (Å²) < 4.78 is 17.0. The van der Waals surface area contributed by atoms with Crippen molar-refractivity contribution in [3.63, 3.8) is 0 Å². The van der Waals surface area contributed by atoms with Crippen LogP contribution < -0.4 is 0 Å². The average Bonchev–Trinajstić information content (AvgIpc) is 3.47. The van der Waals surface area contributed by atoms with Gasteiger partial charge in [-0.15, -0.1) is 0 Å². The predicted octanol–water partition coefficient (Wildman–Crippen LogP) is 24.2. The molecular weight excluding hydrogens is 997 g/mol. The van der Waals surface area contributed by atoms with E-state index in [1.807, 2.05) is 0 Å². The molecule has 0 heterocycles. The first-order chi connectivity index (χ1) is 40.0. The molecule has 1 atom stereocenters. The molecule has 0 rings (SSSR count). The highest BCUT2D eigenvalue weighted by Crippen LogP contribution is 2.17. The molecule has 0 aromatic carbocycles. The van der Waals surface area contributed by atoms with Crippen LogP contribution in [-0.2, 0) is 28.6 Å². The van der Waals surface area contributed by atoms with Crippen LogP contribution in [0.5, 0.6) is 0 Å². The van der Waals surface area contributed by atoms with Crippen molar-refractivity contribution in [1.82, 2.24) is 0 Å². The Hall–Kier alpha value is -3.41. The first-order valence-corrected chi connectivity index (χ1v) is 35.1. The van der Waals surface area contributed by atoms with E-state index >= 15 is 0 Å². The fraction of sp³-hybridized carbons (Fsp3) is 0.773. The van der Waals surface area contributed by atoms with Crippen LogP contribution in [0.3, 0.4) is 0 Å². The minimum atomic E-state index is -0.785. The molecule has 0 saturated heterocycles. The van der Waals surface area contributed by atoms with Crippen molar-refractivity contribution in [3.05, 3.63) is 85.1 Å². The molecule has 0 aliphatic rings. The molecule has 1 unspecified atom stereocenters. The Balaban J connectivity index is 4.33. The fourth-order valence-electron chi connectivity index (χ4n) is 10.0.